The van der Waals surface area contributed by atoms with E-state index in [2.05, 4.69) is 20.4 Å². The Bertz CT molecular complexity index is 1650. The first kappa shape index (κ1) is 23.6. The first-order valence-electron chi connectivity index (χ1n) is 10.7. The Morgan fingerprint density at radius 2 is 1.73 bits per heavy atom. The average Bonchev–Trinajstić information content (AvgIpc) is 3.33. The number of nitrogens with one attached hydrogen (secondary N) is 1. The molecule has 184 valence electrons. The lowest BCUT2D eigenvalue weighted by Crippen LogP contribution is -2.15. The maximum atomic E-state index is 13.2. The van der Waals surface area contributed by atoms with Gasteiger partial charge in [-0.25, -0.2) is 9.50 Å². The summed E-state index contributed by atoms with van der Waals surface area (Å²) < 4.78 is 41.3. The fraction of sp³-hybridized carbons (Fsp3) is 0.0400. The van der Waals surface area contributed by atoms with Crippen molar-refractivity contribution < 1.29 is 22.9 Å². The predicted octanol–water partition coefficient (Wildman–Crippen LogP) is 5.64. The number of anilines is 1. The van der Waals surface area contributed by atoms with Crippen LogP contribution in [-0.2, 0) is 6.18 Å². The monoisotopic (exact) mass is 504 g/mol. The van der Waals surface area contributed by atoms with Gasteiger partial charge in [0.2, 0.25) is 0 Å². The number of benzene rings is 2. The lowest BCUT2D eigenvalue weighted by molar-refractivity contribution is -0.385. The summed E-state index contributed by atoms with van der Waals surface area (Å²) in [6, 6.07) is 15.5. The van der Waals surface area contributed by atoms with E-state index >= 15 is 0 Å². The Morgan fingerprint density at radius 1 is 0.946 bits per heavy atom. The Kier molecular flexibility index (Phi) is 5.84. The van der Waals surface area contributed by atoms with E-state index in [1.165, 1.54) is 0 Å². The van der Waals surface area contributed by atoms with Gasteiger partial charge in [0.05, 0.1) is 21.9 Å². The van der Waals surface area contributed by atoms with Crippen molar-refractivity contribution >= 4 is 22.9 Å². The number of nitro benzene ring substituents is 1. The number of aromatic nitrogens is 4. The Morgan fingerprint density at radius 3 is 2.46 bits per heavy atom. The van der Waals surface area contributed by atoms with Gasteiger partial charge in [-0.1, -0.05) is 12.1 Å². The number of hydrogen-bond donors (Lipinski definition) is 1. The van der Waals surface area contributed by atoms with E-state index < -0.39 is 33.8 Å². The molecule has 5 rings (SSSR count). The van der Waals surface area contributed by atoms with Crippen LogP contribution in [0.15, 0.2) is 85.3 Å². The highest BCUT2D eigenvalue weighted by Gasteiger charge is 2.33. The van der Waals surface area contributed by atoms with E-state index in [0.717, 1.165) is 11.6 Å². The summed E-state index contributed by atoms with van der Waals surface area (Å²) in [6.07, 6.45) is 0.0555. The van der Waals surface area contributed by atoms with Gasteiger partial charge in [0.25, 0.3) is 11.6 Å². The molecule has 3 heterocycles. The first-order chi connectivity index (χ1) is 17.7. The van der Waals surface area contributed by atoms with Crippen LogP contribution in [-0.4, -0.2) is 30.4 Å². The van der Waals surface area contributed by atoms with Crippen LogP contribution in [0.2, 0.25) is 0 Å². The van der Waals surface area contributed by atoms with Crippen molar-refractivity contribution in [2.75, 3.05) is 5.32 Å². The highest BCUT2D eigenvalue weighted by atomic mass is 19.4. The number of carbonyl (C=O) groups excluding carboxylic acids is 1. The molecule has 0 spiro atoms. The number of alkyl halides is 3. The van der Waals surface area contributed by atoms with Crippen LogP contribution in [0.4, 0.5) is 24.5 Å². The molecular formula is C25H15F3N6O3. The summed E-state index contributed by atoms with van der Waals surface area (Å²) in [5, 5.41) is 18.2. The molecule has 0 saturated heterocycles. The molecular weight excluding hydrogens is 489 g/mol. The van der Waals surface area contributed by atoms with Crippen LogP contribution in [0.3, 0.4) is 0 Å². The number of pyridine rings is 1. The van der Waals surface area contributed by atoms with Crippen LogP contribution < -0.4 is 5.32 Å². The zero-order valence-corrected chi connectivity index (χ0v) is 18.7. The minimum absolute atomic E-state index is 0.272. The molecule has 0 aliphatic carbocycles. The second-order valence-corrected chi connectivity index (χ2v) is 7.92. The summed E-state index contributed by atoms with van der Waals surface area (Å²) in [5.41, 5.74) is 1.05. The van der Waals surface area contributed by atoms with Crippen molar-refractivity contribution in [3.8, 4) is 22.5 Å². The fourth-order valence-corrected chi connectivity index (χ4v) is 3.75. The zero-order chi connectivity index (χ0) is 26.2. The van der Waals surface area contributed by atoms with Crippen LogP contribution >= 0.6 is 0 Å². The lowest BCUT2D eigenvalue weighted by Gasteiger charge is -2.11. The van der Waals surface area contributed by atoms with Gasteiger partial charge in [-0.3, -0.25) is 19.9 Å². The number of rotatable bonds is 5. The van der Waals surface area contributed by atoms with E-state index in [1.807, 2.05) is 18.2 Å². The standard InChI is InChI=1S/C25H15F3N6O3/c26-25(27,28)18-10-17(12-20(13-18)34(36)37)24(35)31-19-3-1-2-16(11-19)22-6-9-30-23-14-21(32-33(22)23)15-4-7-29-8-5-15/h1-14H,(H,31,35). The molecule has 0 saturated carbocycles. The molecule has 0 atom stereocenters. The molecule has 0 unspecified atom stereocenters. The Hall–Kier alpha value is -5.13. The molecule has 37 heavy (non-hydrogen) atoms. The number of carbonyl (C=O) groups is 1. The van der Waals surface area contributed by atoms with E-state index in [4.69, 9.17) is 0 Å². The van der Waals surface area contributed by atoms with Gasteiger partial charge in [-0.15, -0.1) is 0 Å². The molecule has 9 nitrogen and oxygen atoms in total. The number of non-ortho nitro benzene ring substituents is 1. The fourth-order valence-electron chi connectivity index (χ4n) is 3.75. The minimum Gasteiger partial charge on any atom is -0.322 e. The highest BCUT2D eigenvalue weighted by Crippen LogP contribution is 2.33. The summed E-state index contributed by atoms with van der Waals surface area (Å²) in [4.78, 5) is 31.2. The molecule has 1 amide bonds. The third kappa shape index (κ3) is 4.85. The SMILES string of the molecule is O=C(Nc1cccc(-c2ccnc3cc(-c4ccncc4)nn23)c1)c1cc([N+](=O)[O-])cc(C(F)(F)F)c1. The lowest BCUT2D eigenvalue weighted by atomic mass is 10.1. The average molecular weight is 504 g/mol. The molecule has 1 N–H and O–H groups in total. The van der Waals surface area contributed by atoms with Crippen LogP contribution in [0, 0.1) is 10.1 Å². The number of amides is 1. The second kappa shape index (κ2) is 9.15. The van der Waals surface area contributed by atoms with Gasteiger partial charge in [0, 0.05) is 59.2 Å². The van der Waals surface area contributed by atoms with Crippen molar-refractivity contribution in [2.45, 2.75) is 6.18 Å². The van der Waals surface area contributed by atoms with Crippen molar-refractivity contribution in [1.82, 2.24) is 19.6 Å². The molecule has 0 aliphatic rings. The number of fused-ring (bicyclic) bond motifs is 1. The number of nitro groups is 1. The molecule has 0 aliphatic heterocycles. The van der Waals surface area contributed by atoms with Crippen LogP contribution in [0.1, 0.15) is 15.9 Å². The second-order valence-electron chi connectivity index (χ2n) is 7.92. The quantitative estimate of drug-likeness (QED) is 0.245. The highest BCUT2D eigenvalue weighted by molar-refractivity contribution is 6.05. The molecule has 5 aromatic rings. The Balaban J connectivity index is 1.48. The molecule has 12 heteroatoms. The van der Waals surface area contributed by atoms with Gasteiger partial charge in [-0.2, -0.15) is 18.3 Å². The maximum absolute atomic E-state index is 13.2. The van der Waals surface area contributed by atoms with Crippen molar-refractivity contribution in [1.29, 1.82) is 0 Å². The van der Waals surface area contributed by atoms with Gasteiger partial charge >= 0.3 is 6.18 Å². The molecule has 0 fully saturated rings. The summed E-state index contributed by atoms with van der Waals surface area (Å²) in [7, 11) is 0. The van der Waals surface area contributed by atoms with E-state index in [1.54, 1.807) is 53.4 Å². The summed E-state index contributed by atoms with van der Waals surface area (Å²) in [6.45, 7) is 0. The van der Waals surface area contributed by atoms with E-state index in [0.29, 0.717) is 34.7 Å². The van der Waals surface area contributed by atoms with E-state index in [9.17, 15) is 28.1 Å². The Labute approximate surface area is 206 Å². The topological polar surface area (TPSA) is 115 Å². The number of halogens is 3. The van der Waals surface area contributed by atoms with Crippen LogP contribution in [0.25, 0.3) is 28.2 Å². The summed E-state index contributed by atoms with van der Waals surface area (Å²) in [5.74, 6) is -0.926. The third-order valence-corrected chi connectivity index (χ3v) is 5.47. The first-order valence-corrected chi connectivity index (χ1v) is 10.7. The van der Waals surface area contributed by atoms with Crippen molar-refractivity contribution in [3.63, 3.8) is 0 Å². The van der Waals surface area contributed by atoms with Gasteiger partial charge in [0.15, 0.2) is 5.65 Å². The number of hydrogen-bond acceptors (Lipinski definition) is 6. The largest absolute Gasteiger partial charge is 0.416 e. The zero-order valence-electron chi connectivity index (χ0n) is 18.7. The van der Waals surface area contributed by atoms with Gasteiger partial charge < -0.3 is 5.32 Å². The summed E-state index contributed by atoms with van der Waals surface area (Å²) >= 11 is 0. The normalized spacial score (nSPS) is 11.4. The number of nitrogens with zero attached hydrogens (tertiary/aromatic N) is 5. The molecule has 0 radical (unpaired) electrons. The maximum Gasteiger partial charge on any atom is 0.416 e. The molecule has 0 bridgehead atoms. The predicted molar refractivity (Wildman–Crippen MR) is 128 cm³/mol. The molecule has 2 aromatic carbocycles. The van der Waals surface area contributed by atoms with Crippen molar-refractivity contribution in [2.24, 2.45) is 0 Å². The van der Waals surface area contributed by atoms with E-state index in [-0.39, 0.29) is 5.69 Å². The smallest absolute Gasteiger partial charge is 0.322 e. The third-order valence-electron chi connectivity index (χ3n) is 5.47. The minimum atomic E-state index is -4.85. The van der Waals surface area contributed by atoms with Crippen molar-refractivity contribution in [3.05, 3.63) is 107 Å². The van der Waals surface area contributed by atoms with Gasteiger partial charge in [-0.05, 0) is 36.4 Å². The van der Waals surface area contributed by atoms with Gasteiger partial charge in [0.1, 0.15) is 0 Å². The molecule has 3 aromatic heterocycles. The van der Waals surface area contributed by atoms with Crippen LogP contribution in [0.5, 0.6) is 0 Å².